The van der Waals surface area contributed by atoms with Crippen molar-refractivity contribution < 1.29 is 4.92 Å². The van der Waals surface area contributed by atoms with Crippen LogP contribution in [0.25, 0.3) is 0 Å². The summed E-state index contributed by atoms with van der Waals surface area (Å²) in [7, 11) is 0. The maximum atomic E-state index is 11.4. The summed E-state index contributed by atoms with van der Waals surface area (Å²) in [6, 6.07) is 18.4. The minimum absolute atomic E-state index is 0.271. The van der Waals surface area contributed by atoms with Gasteiger partial charge in [0.25, 0.3) is 0 Å². The van der Waals surface area contributed by atoms with Gasteiger partial charge in [-0.3, -0.25) is 15.1 Å². The zero-order valence-electron chi connectivity index (χ0n) is 12.1. The SMILES string of the molecule is CC(C)([C@@H](N=Cc1ccccc1)c1ccccc1)[N+](=O)[O-]. The second-order valence-corrected chi connectivity index (χ2v) is 5.41. The lowest BCUT2D eigenvalue weighted by atomic mass is 9.89. The van der Waals surface area contributed by atoms with E-state index in [1.165, 1.54) is 0 Å². The molecule has 0 aliphatic heterocycles. The van der Waals surface area contributed by atoms with Crippen molar-refractivity contribution in [1.82, 2.24) is 0 Å². The molecule has 0 amide bonds. The summed E-state index contributed by atoms with van der Waals surface area (Å²) in [5.74, 6) is 0. The molecule has 0 radical (unpaired) electrons. The zero-order valence-corrected chi connectivity index (χ0v) is 12.1. The predicted octanol–water partition coefficient (Wildman–Crippen LogP) is 3.90. The summed E-state index contributed by atoms with van der Waals surface area (Å²) >= 11 is 0. The second-order valence-electron chi connectivity index (χ2n) is 5.41. The topological polar surface area (TPSA) is 55.5 Å². The summed E-state index contributed by atoms with van der Waals surface area (Å²) < 4.78 is 0. The summed E-state index contributed by atoms with van der Waals surface area (Å²) in [6.07, 6.45) is 1.70. The second kappa shape index (κ2) is 6.31. The molecule has 21 heavy (non-hydrogen) atoms. The van der Waals surface area contributed by atoms with Crippen molar-refractivity contribution in [3.8, 4) is 0 Å². The van der Waals surface area contributed by atoms with Gasteiger partial charge in [0.05, 0.1) is 0 Å². The predicted molar refractivity (Wildman–Crippen MR) is 84.3 cm³/mol. The molecule has 0 unspecified atom stereocenters. The van der Waals surface area contributed by atoms with Gasteiger partial charge in [-0.25, -0.2) is 0 Å². The molecule has 0 heterocycles. The van der Waals surface area contributed by atoms with E-state index < -0.39 is 11.6 Å². The lowest BCUT2D eigenvalue weighted by Gasteiger charge is -2.23. The highest BCUT2D eigenvalue weighted by Crippen LogP contribution is 2.31. The van der Waals surface area contributed by atoms with Gasteiger partial charge in [0.15, 0.2) is 0 Å². The first kappa shape index (κ1) is 14.9. The van der Waals surface area contributed by atoms with E-state index in [0.29, 0.717) is 0 Å². The summed E-state index contributed by atoms with van der Waals surface area (Å²) in [5, 5.41) is 11.4. The highest BCUT2D eigenvalue weighted by Gasteiger charge is 2.41. The molecule has 0 saturated heterocycles. The molecular formula is C17H18N2O2. The average Bonchev–Trinajstić information content (AvgIpc) is 2.49. The molecule has 2 aromatic rings. The van der Waals surface area contributed by atoms with Crippen LogP contribution >= 0.6 is 0 Å². The smallest absolute Gasteiger partial charge is 0.242 e. The molecule has 4 nitrogen and oxygen atoms in total. The molecular weight excluding hydrogens is 264 g/mol. The normalized spacial score (nSPS) is 13.2. The molecule has 0 aromatic heterocycles. The van der Waals surface area contributed by atoms with Crippen molar-refractivity contribution in [1.29, 1.82) is 0 Å². The fraction of sp³-hybridized carbons (Fsp3) is 0.235. The van der Waals surface area contributed by atoms with E-state index in [0.717, 1.165) is 11.1 Å². The van der Waals surface area contributed by atoms with Crippen molar-refractivity contribution in [3.63, 3.8) is 0 Å². The third-order valence-electron chi connectivity index (χ3n) is 3.43. The van der Waals surface area contributed by atoms with Crippen LogP contribution in [0.3, 0.4) is 0 Å². The van der Waals surface area contributed by atoms with Crippen LogP contribution in [0, 0.1) is 10.1 Å². The van der Waals surface area contributed by atoms with Crippen LogP contribution in [-0.2, 0) is 0 Å². The molecule has 2 rings (SSSR count). The molecule has 0 aliphatic carbocycles. The maximum Gasteiger partial charge on any atom is 0.242 e. The third kappa shape index (κ3) is 3.54. The quantitative estimate of drug-likeness (QED) is 0.474. The fourth-order valence-corrected chi connectivity index (χ4v) is 2.11. The Labute approximate surface area is 124 Å². The van der Waals surface area contributed by atoms with Crippen LogP contribution in [0.2, 0.25) is 0 Å². The van der Waals surface area contributed by atoms with Gasteiger partial charge in [0.1, 0.15) is 6.04 Å². The summed E-state index contributed by atoms with van der Waals surface area (Å²) in [4.78, 5) is 15.6. The fourth-order valence-electron chi connectivity index (χ4n) is 2.11. The molecule has 108 valence electrons. The maximum absolute atomic E-state index is 11.4. The molecule has 0 spiro atoms. The van der Waals surface area contributed by atoms with E-state index in [9.17, 15) is 10.1 Å². The lowest BCUT2D eigenvalue weighted by molar-refractivity contribution is -0.565. The molecule has 0 saturated carbocycles. The van der Waals surface area contributed by atoms with Crippen LogP contribution < -0.4 is 0 Å². The molecule has 0 N–H and O–H groups in total. The zero-order chi connectivity index (χ0) is 15.3. The minimum atomic E-state index is -1.17. The van der Waals surface area contributed by atoms with Gasteiger partial charge >= 0.3 is 0 Å². The van der Waals surface area contributed by atoms with Gasteiger partial charge in [-0.1, -0.05) is 60.7 Å². The summed E-state index contributed by atoms with van der Waals surface area (Å²) in [6.45, 7) is 3.21. The van der Waals surface area contributed by atoms with E-state index >= 15 is 0 Å². The highest BCUT2D eigenvalue weighted by molar-refractivity contribution is 5.79. The monoisotopic (exact) mass is 282 g/mol. The van der Waals surface area contributed by atoms with E-state index in [4.69, 9.17) is 0 Å². The number of rotatable bonds is 5. The standard InChI is InChI=1S/C17H18N2O2/c1-17(2,19(20)21)16(15-11-7-4-8-12-15)18-13-14-9-5-3-6-10-14/h3-13,16H,1-2H3/t16-/m0/s1. The first-order valence-electron chi connectivity index (χ1n) is 6.79. The Balaban J connectivity index is 2.38. The van der Waals surface area contributed by atoms with E-state index in [1.54, 1.807) is 20.1 Å². The van der Waals surface area contributed by atoms with Crippen LogP contribution in [0.4, 0.5) is 0 Å². The Morgan fingerprint density at radius 3 is 2.10 bits per heavy atom. The van der Waals surface area contributed by atoms with Crippen molar-refractivity contribution in [2.75, 3.05) is 0 Å². The summed E-state index contributed by atoms with van der Waals surface area (Å²) in [5.41, 5.74) is 0.594. The Hall–Kier alpha value is -2.49. The molecule has 0 aliphatic rings. The van der Waals surface area contributed by atoms with Crippen LogP contribution in [0.15, 0.2) is 65.7 Å². The van der Waals surface area contributed by atoms with Gasteiger partial charge < -0.3 is 0 Å². The van der Waals surface area contributed by atoms with Gasteiger partial charge in [0.2, 0.25) is 5.54 Å². The van der Waals surface area contributed by atoms with Crippen LogP contribution in [-0.4, -0.2) is 16.7 Å². The average molecular weight is 282 g/mol. The van der Waals surface area contributed by atoms with Crippen LogP contribution in [0.5, 0.6) is 0 Å². The van der Waals surface area contributed by atoms with Gasteiger partial charge in [-0.05, 0) is 11.1 Å². The van der Waals surface area contributed by atoms with Gasteiger partial charge in [-0.15, -0.1) is 0 Å². The Morgan fingerprint density at radius 2 is 1.57 bits per heavy atom. The van der Waals surface area contributed by atoms with Crippen molar-refractivity contribution in [3.05, 3.63) is 81.9 Å². The van der Waals surface area contributed by atoms with E-state index in [2.05, 4.69) is 4.99 Å². The first-order chi connectivity index (χ1) is 10.0. The molecule has 0 bridgehead atoms. The minimum Gasteiger partial charge on any atom is -0.277 e. The van der Waals surface area contributed by atoms with Gasteiger partial charge in [-0.2, -0.15) is 0 Å². The third-order valence-corrected chi connectivity index (χ3v) is 3.43. The number of hydrogen-bond acceptors (Lipinski definition) is 3. The molecule has 0 fully saturated rings. The van der Waals surface area contributed by atoms with Gasteiger partial charge in [0, 0.05) is 25.0 Å². The number of benzene rings is 2. The Kier molecular flexibility index (Phi) is 4.48. The number of nitrogens with zero attached hydrogens (tertiary/aromatic N) is 2. The van der Waals surface area contributed by atoms with Crippen molar-refractivity contribution >= 4 is 6.21 Å². The van der Waals surface area contributed by atoms with Crippen molar-refractivity contribution in [2.45, 2.75) is 25.4 Å². The number of nitro groups is 1. The molecule has 1 atom stereocenters. The Morgan fingerprint density at radius 1 is 1.05 bits per heavy atom. The van der Waals surface area contributed by atoms with Crippen molar-refractivity contribution in [2.24, 2.45) is 4.99 Å². The van der Waals surface area contributed by atoms with E-state index in [-0.39, 0.29) is 4.92 Å². The highest BCUT2D eigenvalue weighted by atomic mass is 16.6. The first-order valence-corrected chi connectivity index (χ1v) is 6.79. The molecule has 2 aromatic carbocycles. The number of hydrogen-bond donors (Lipinski definition) is 0. The lowest BCUT2D eigenvalue weighted by Crippen LogP contribution is -2.37. The number of aliphatic imine (C=N–C) groups is 1. The Bertz CT molecular complexity index is 622. The van der Waals surface area contributed by atoms with E-state index in [1.807, 2.05) is 60.7 Å². The van der Waals surface area contributed by atoms with Crippen LogP contribution in [0.1, 0.15) is 31.0 Å². The largest absolute Gasteiger partial charge is 0.277 e. The molecule has 4 heteroatoms.